The molecule has 1 aliphatic carbocycles. The third-order valence-electron chi connectivity index (χ3n) is 5.44. The van der Waals surface area contributed by atoms with E-state index in [2.05, 4.69) is 0 Å². The van der Waals surface area contributed by atoms with Gasteiger partial charge in [-0.1, -0.05) is 30.0 Å². The second kappa shape index (κ2) is 9.87. The van der Waals surface area contributed by atoms with Crippen LogP contribution in [0.2, 0.25) is 0 Å². The number of para-hydroxylation sites is 1. The summed E-state index contributed by atoms with van der Waals surface area (Å²) in [6, 6.07) is 9.02. The van der Waals surface area contributed by atoms with Crippen molar-refractivity contribution >= 4 is 50.9 Å². The number of fused-ring (bicyclic) bond motifs is 3. The minimum atomic E-state index is -0.467. The Morgan fingerprint density at radius 1 is 1.22 bits per heavy atom. The number of hydrogen-bond acceptors (Lipinski definition) is 7. The second-order valence-corrected chi connectivity index (χ2v) is 9.58. The smallest absolute Gasteiger partial charge is 0.326 e. The highest BCUT2D eigenvalue weighted by atomic mass is 32.2. The molecule has 1 amide bonds. The number of aromatic nitrogens is 2. The molecule has 0 N–H and O–H groups in total. The first-order chi connectivity index (χ1) is 15.5. The monoisotopic (exact) mass is 471 g/mol. The molecule has 4 rings (SSSR count). The number of hydrogen-bond donors (Lipinski definition) is 0. The van der Waals surface area contributed by atoms with E-state index < -0.39 is 5.97 Å². The third kappa shape index (κ3) is 4.59. The predicted octanol–water partition coefficient (Wildman–Crippen LogP) is 3.56. The summed E-state index contributed by atoms with van der Waals surface area (Å²) in [6.45, 7) is 1.81. The standard InChI is InChI=1S/C23H25N3O4S2/c1-3-30-19(28)13-26(15-9-5-4-6-10-15)18(27)14-31-23-24-21-20(22(29)25(23)2)16-11-7-8-12-17(16)32-21/h4-6,9-10H,3,7-8,11-14H2,1-2H3. The number of aryl methyl sites for hydroxylation is 2. The summed E-state index contributed by atoms with van der Waals surface area (Å²) in [6.07, 6.45) is 4.17. The van der Waals surface area contributed by atoms with Crippen molar-refractivity contribution in [3.63, 3.8) is 0 Å². The molecule has 0 bridgehead atoms. The lowest BCUT2D eigenvalue weighted by Gasteiger charge is -2.21. The fraction of sp³-hybridized carbons (Fsp3) is 0.391. The van der Waals surface area contributed by atoms with Crippen molar-refractivity contribution in [3.8, 4) is 0 Å². The van der Waals surface area contributed by atoms with Crippen LogP contribution in [0.3, 0.4) is 0 Å². The Balaban J connectivity index is 1.57. The number of anilines is 1. The Bertz CT molecular complexity index is 1200. The Hall–Kier alpha value is -2.65. The van der Waals surface area contributed by atoms with Crippen LogP contribution >= 0.6 is 23.1 Å². The molecule has 2 aromatic heterocycles. The first kappa shape index (κ1) is 22.5. The molecule has 1 aliphatic rings. The van der Waals surface area contributed by atoms with Crippen LogP contribution in [0.1, 0.15) is 30.2 Å². The molecule has 0 spiro atoms. The predicted molar refractivity (Wildman–Crippen MR) is 128 cm³/mol. The SMILES string of the molecule is CCOC(=O)CN(C(=O)CSc1nc2sc3c(c2c(=O)n1C)CCCC3)c1ccccc1. The van der Waals surface area contributed by atoms with Crippen molar-refractivity contribution in [1.29, 1.82) is 0 Å². The van der Waals surface area contributed by atoms with E-state index in [0.717, 1.165) is 41.5 Å². The van der Waals surface area contributed by atoms with Crippen LogP contribution in [-0.2, 0) is 34.2 Å². The Kier molecular flexibility index (Phi) is 6.95. The molecule has 0 saturated heterocycles. The maximum atomic E-state index is 13.1. The number of esters is 1. The van der Waals surface area contributed by atoms with Crippen LogP contribution in [0.25, 0.3) is 10.2 Å². The van der Waals surface area contributed by atoms with Gasteiger partial charge in [0.05, 0.1) is 17.7 Å². The van der Waals surface area contributed by atoms with Crippen LogP contribution in [0, 0.1) is 0 Å². The summed E-state index contributed by atoms with van der Waals surface area (Å²) in [4.78, 5) is 46.3. The van der Waals surface area contributed by atoms with Crippen molar-refractivity contribution < 1.29 is 14.3 Å². The normalized spacial score (nSPS) is 13.1. The van der Waals surface area contributed by atoms with E-state index in [1.165, 1.54) is 26.1 Å². The molecule has 9 heteroatoms. The van der Waals surface area contributed by atoms with Gasteiger partial charge in [0.2, 0.25) is 5.91 Å². The maximum Gasteiger partial charge on any atom is 0.326 e. The topological polar surface area (TPSA) is 81.5 Å². The van der Waals surface area contributed by atoms with Gasteiger partial charge in [-0.05, 0) is 50.3 Å². The van der Waals surface area contributed by atoms with Crippen LogP contribution < -0.4 is 10.5 Å². The van der Waals surface area contributed by atoms with Gasteiger partial charge in [-0.15, -0.1) is 11.3 Å². The average molecular weight is 472 g/mol. The van der Waals surface area contributed by atoms with Gasteiger partial charge in [-0.25, -0.2) is 4.98 Å². The molecular formula is C23H25N3O4S2. The molecule has 32 heavy (non-hydrogen) atoms. The maximum absolute atomic E-state index is 13.1. The molecule has 1 aromatic carbocycles. The van der Waals surface area contributed by atoms with Crippen LogP contribution in [-0.4, -0.2) is 40.3 Å². The molecular weight excluding hydrogens is 446 g/mol. The number of thiophene rings is 1. The van der Waals surface area contributed by atoms with Crippen LogP contribution in [0.15, 0.2) is 40.3 Å². The van der Waals surface area contributed by atoms with Crippen molar-refractivity contribution in [2.45, 2.75) is 37.8 Å². The van der Waals surface area contributed by atoms with Gasteiger partial charge >= 0.3 is 5.97 Å². The minimum absolute atomic E-state index is 0.0468. The molecule has 0 unspecified atom stereocenters. The van der Waals surface area contributed by atoms with E-state index in [1.807, 2.05) is 18.2 Å². The van der Waals surface area contributed by atoms with Crippen molar-refractivity contribution in [2.75, 3.05) is 23.8 Å². The number of thioether (sulfide) groups is 1. The summed E-state index contributed by atoms with van der Waals surface area (Å²) in [5.41, 5.74) is 1.71. The van der Waals surface area contributed by atoms with E-state index in [1.54, 1.807) is 37.4 Å². The highest BCUT2D eigenvalue weighted by molar-refractivity contribution is 7.99. The molecule has 3 aromatic rings. The highest BCUT2D eigenvalue weighted by Gasteiger charge is 2.23. The number of amides is 1. The molecule has 2 heterocycles. The third-order valence-corrected chi connectivity index (χ3v) is 7.64. The zero-order valence-corrected chi connectivity index (χ0v) is 19.8. The van der Waals surface area contributed by atoms with E-state index >= 15 is 0 Å². The number of rotatable bonds is 7. The van der Waals surface area contributed by atoms with Gasteiger partial charge in [-0.2, -0.15) is 0 Å². The van der Waals surface area contributed by atoms with Gasteiger partial charge in [-0.3, -0.25) is 19.0 Å². The fourth-order valence-electron chi connectivity index (χ4n) is 3.87. The lowest BCUT2D eigenvalue weighted by atomic mass is 9.97. The van der Waals surface area contributed by atoms with Crippen molar-refractivity contribution in [1.82, 2.24) is 9.55 Å². The molecule has 0 aliphatic heterocycles. The number of carbonyl (C=O) groups excluding carboxylic acids is 2. The zero-order valence-electron chi connectivity index (χ0n) is 18.1. The Labute approximate surface area is 194 Å². The number of benzene rings is 1. The van der Waals surface area contributed by atoms with Gasteiger partial charge in [0.15, 0.2) is 5.16 Å². The summed E-state index contributed by atoms with van der Waals surface area (Å²) in [5, 5.41) is 1.23. The van der Waals surface area contributed by atoms with Gasteiger partial charge in [0.1, 0.15) is 11.4 Å². The van der Waals surface area contributed by atoms with Crippen molar-refractivity contribution in [3.05, 3.63) is 51.1 Å². The largest absolute Gasteiger partial charge is 0.465 e. The zero-order chi connectivity index (χ0) is 22.7. The van der Waals surface area contributed by atoms with E-state index in [-0.39, 0.29) is 30.4 Å². The van der Waals surface area contributed by atoms with Crippen molar-refractivity contribution in [2.24, 2.45) is 7.05 Å². The van der Waals surface area contributed by atoms with Gasteiger partial charge in [0, 0.05) is 17.6 Å². The lowest BCUT2D eigenvalue weighted by Crippen LogP contribution is -2.38. The number of nitrogens with zero attached hydrogens (tertiary/aromatic N) is 3. The number of ether oxygens (including phenoxy) is 1. The lowest BCUT2D eigenvalue weighted by molar-refractivity contribution is -0.142. The minimum Gasteiger partial charge on any atom is -0.465 e. The van der Waals surface area contributed by atoms with Gasteiger partial charge in [0.25, 0.3) is 5.56 Å². The van der Waals surface area contributed by atoms with Gasteiger partial charge < -0.3 is 9.64 Å². The Morgan fingerprint density at radius 3 is 2.72 bits per heavy atom. The molecule has 0 atom stereocenters. The first-order valence-electron chi connectivity index (χ1n) is 10.6. The molecule has 0 fully saturated rings. The quantitative estimate of drug-likeness (QED) is 0.298. The van der Waals surface area contributed by atoms with E-state index in [9.17, 15) is 14.4 Å². The average Bonchev–Trinajstić information content (AvgIpc) is 3.18. The van der Waals surface area contributed by atoms with E-state index in [4.69, 9.17) is 9.72 Å². The molecule has 7 nitrogen and oxygen atoms in total. The molecule has 0 saturated carbocycles. The summed E-state index contributed by atoms with van der Waals surface area (Å²) < 4.78 is 6.56. The highest BCUT2D eigenvalue weighted by Crippen LogP contribution is 2.34. The van der Waals surface area contributed by atoms with Crippen LogP contribution in [0.5, 0.6) is 0 Å². The molecule has 168 valence electrons. The summed E-state index contributed by atoms with van der Waals surface area (Å²) in [7, 11) is 1.70. The first-order valence-corrected chi connectivity index (χ1v) is 12.4. The Morgan fingerprint density at radius 2 is 1.97 bits per heavy atom. The fourth-order valence-corrected chi connectivity index (χ4v) is 6.02. The van der Waals surface area contributed by atoms with E-state index in [0.29, 0.717) is 10.8 Å². The number of carbonyl (C=O) groups is 2. The van der Waals surface area contributed by atoms with Crippen LogP contribution in [0.4, 0.5) is 5.69 Å². The molecule has 0 radical (unpaired) electrons. The summed E-state index contributed by atoms with van der Waals surface area (Å²) >= 11 is 2.80. The second-order valence-electron chi connectivity index (χ2n) is 7.56. The summed E-state index contributed by atoms with van der Waals surface area (Å²) in [5.74, 6) is -0.676.